The van der Waals surface area contributed by atoms with Gasteiger partial charge in [0.05, 0.1) is 9.59 Å². The second-order valence-corrected chi connectivity index (χ2v) is 7.47. The van der Waals surface area contributed by atoms with Gasteiger partial charge in [0.15, 0.2) is 0 Å². The molecule has 0 bridgehead atoms. The maximum absolute atomic E-state index is 6.04. The van der Waals surface area contributed by atoms with Crippen LogP contribution in [0.25, 0.3) is 0 Å². The maximum Gasteiger partial charge on any atom is 0.0931 e. The highest BCUT2D eigenvalue weighted by atomic mass is 35.5. The van der Waals surface area contributed by atoms with E-state index in [2.05, 4.69) is 26.8 Å². The van der Waals surface area contributed by atoms with E-state index in [1.807, 2.05) is 17.8 Å². The van der Waals surface area contributed by atoms with Gasteiger partial charge >= 0.3 is 0 Å². The molecule has 0 radical (unpaired) electrons. The molecule has 4 heteroatoms. The first-order chi connectivity index (χ1) is 7.50. The summed E-state index contributed by atoms with van der Waals surface area (Å²) in [7, 11) is 0. The van der Waals surface area contributed by atoms with Gasteiger partial charge in [-0.05, 0) is 37.1 Å². The second-order valence-electron chi connectivity index (χ2n) is 4.47. The molecule has 0 amide bonds. The summed E-state index contributed by atoms with van der Waals surface area (Å²) in [6, 6.07) is 4.23. The SMILES string of the molecule is CC(C)CCSC(c1ccc(Cl)s1)C(C)N. The van der Waals surface area contributed by atoms with E-state index in [9.17, 15) is 0 Å². The van der Waals surface area contributed by atoms with Gasteiger partial charge in [-0.25, -0.2) is 0 Å². The average Bonchev–Trinajstić information content (AvgIpc) is 2.58. The monoisotopic (exact) mass is 277 g/mol. The Morgan fingerprint density at radius 1 is 1.38 bits per heavy atom. The molecule has 1 aromatic rings. The standard InChI is InChI=1S/C12H20ClNS2/c1-8(2)6-7-15-12(9(3)14)10-4-5-11(13)16-10/h4-5,8-9,12H,6-7,14H2,1-3H3. The highest BCUT2D eigenvalue weighted by Crippen LogP contribution is 2.37. The number of thioether (sulfide) groups is 1. The molecule has 0 spiro atoms. The Hall–Kier alpha value is 0.300. The van der Waals surface area contributed by atoms with Crippen LogP contribution in [0.4, 0.5) is 0 Å². The van der Waals surface area contributed by atoms with Crippen molar-refractivity contribution in [3.05, 3.63) is 21.3 Å². The third-order valence-electron chi connectivity index (χ3n) is 2.34. The van der Waals surface area contributed by atoms with Crippen molar-refractivity contribution >= 4 is 34.7 Å². The van der Waals surface area contributed by atoms with Crippen LogP contribution in [0.5, 0.6) is 0 Å². The normalized spacial score (nSPS) is 15.4. The lowest BCUT2D eigenvalue weighted by atomic mass is 10.2. The third-order valence-corrected chi connectivity index (χ3v) is 5.32. The van der Waals surface area contributed by atoms with E-state index in [0.29, 0.717) is 5.25 Å². The van der Waals surface area contributed by atoms with Crippen LogP contribution in [0.1, 0.15) is 37.3 Å². The molecule has 2 N–H and O–H groups in total. The minimum absolute atomic E-state index is 0.173. The van der Waals surface area contributed by atoms with E-state index < -0.39 is 0 Å². The molecule has 1 rings (SSSR count). The Balaban J connectivity index is 2.55. The largest absolute Gasteiger partial charge is 0.327 e. The number of nitrogens with two attached hydrogens (primary N) is 1. The lowest BCUT2D eigenvalue weighted by Gasteiger charge is -2.19. The van der Waals surface area contributed by atoms with Crippen LogP contribution in [-0.4, -0.2) is 11.8 Å². The van der Waals surface area contributed by atoms with E-state index in [1.54, 1.807) is 11.3 Å². The fourth-order valence-electron chi connectivity index (χ4n) is 1.40. The number of thiophene rings is 1. The van der Waals surface area contributed by atoms with Gasteiger partial charge in [0, 0.05) is 10.9 Å². The molecule has 0 aliphatic heterocycles. The highest BCUT2D eigenvalue weighted by molar-refractivity contribution is 7.99. The zero-order valence-corrected chi connectivity index (χ0v) is 12.5. The van der Waals surface area contributed by atoms with E-state index in [1.165, 1.54) is 17.1 Å². The summed E-state index contributed by atoms with van der Waals surface area (Å²) in [4.78, 5) is 1.30. The molecule has 0 aromatic carbocycles. The minimum Gasteiger partial charge on any atom is -0.327 e. The fraction of sp³-hybridized carbons (Fsp3) is 0.667. The van der Waals surface area contributed by atoms with Crippen molar-refractivity contribution in [3.8, 4) is 0 Å². The van der Waals surface area contributed by atoms with Gasteiger partial charge in [-0.1, -0.05) is 25.4 Å². The van der Waals surface area contributed by atoms with E-state index >= 15 is 0 Å². The molecule has 2 unspecified atom stereocenters. The average molecular weight is 278 g/mol. The second kappa shape index (κ2) is 6.90. The summed E-state index contributed by atoms with van der Waals surface area (Å²) >= 11 is 9.56. The minimum atomic E-state index is 0.173. The molecular formula is C12H20ClNS2. The number of hydrogen-bond acceptors (Lipinski definition) is 3. The molecule has 2 atom stereocenters. The molecule has 16 heavy (non-hydrogen) atoms. The Kier molecular flexibility index (Phi) is 6.19. The molecule has 0 aliphatic rings. The summed E-state index contributed by atoms with van der Waals surface area (Å²) in [5, 5.41) is 0.385. The van der Waals surface area contributed by atoms with Crippen LogP contribution in [-0.2, 0) is 0 Å². The number of halogens is 1. The first-order valence-electron chi connectivity index (χ1n) is 5.63. The quantitative estimate of drug-likeness (QED) is 0.824. The van der Waals surface area contributed by atoms with Crippen molar-refractivity contribution in [2.45, 2.75) is 38.5 Å². The first kappa shape index (κ1) is 14.4. The van der Waals surface area contributed by atoms with Crippen molar-refractivity contribution in [1.29, 1.82) is 0 Å². The molecule has 1 nitrogen and oxygen atoms in total. The van der Waals surface area contributed by atoms with Crippen molar-refractivity contribution < 1.29 is 0 Å². The van der Waals surface area contributed by atoms with Crippen molar-refractivity contribution in [3.63, 3.8) is 0 Å². The zero-order chi connectivity index (χ0) is 12.1. The van der Waals surface area contributed by atoms with Gasteiger partial charge in [-0.3, -0.25) is 0 Å². The van der Waals surface area contributed by atoms with Gasteiger partial charge < -0.3 is 5.73 Å². The molecule has 0 fully saturated rings. The third kappa shape index (κ3) is 4.66. The number of hydrogen-bond donors (Lipinski definition) is 1. The highest BCUT2D eigenvalue weighted by Gasteiger charge is 2.18. The van der Waals surface area contributed by atoms with Crippen LogP contribution in [0.2, 0.25) is 4.34 Å². The molecular weight excluding hydrogens is 258 g/mol. The summed E-state index contributed by atoms with van der Waals surface area (Å²) in [6.07, 6.45) is 1.24. The Morgan fingerprint density at radius 2 is 2.06 bits per heavy atom. The van der Waals surface area contributed by atoms with Crippen LogP contribution < -0.4 is 5.73 Å². The number of rotatable bonds is 6. The van der Waals surface area contributed by atoms with Gasteiger partial charge in [-0.15, -0.1) is 11.3 Å². The van der Waals surface area contributed by atoms with Crippen LogP contribution >= 0.6 is 34.7 Å². The van der Waals surface area contributed by atoms with Crippen molar-refractivity contribution in [2.75, 3.05) is 5.75 Å². The van der Waals surface area contributed by atoms with E-state index in [4.69, 9.17) is 17.3 Å². The lowest BCUT2D eigenvalue weighted by Crippen LogP contribution is -2.22. The molecule has 1 heterocycles. The summed E-state index contributed by atoms with van der Waals surface area (Å²) in [6.45, 7) is 6.58. The van der Waals surface area contributed by atoms with Crippen LogP contribution in [0.15, 0.2) is 12.1 Å². The lowest BCUT2D eigenvalue weighted by molar-refractivity contribution is 0.629. The van der Waals surface area contributed by atoms with Gasteiger partial charge in [0.1, 0.15) is 0 Å². The Labute approximate surface area is 112 Å². The topological polar surface area (TPSA) is 26.0 Å². The van der Waals surface area contributed by atoms with Crippen LogP contribution in [0, 0.1) is 5.92 Å². The molecule has 0 saturated heterocycles. The van der Waals surface area contributed by atoms with E-state index in [-0.39, 0.29) is 6.04 Å². The molecule has 1 aromatic heterocycles. The van der Waals surface area contributed by atoms with Crippen molar-refractivity contribution in [2.24, 2.45) is 11.7 Å². The van der Waals surface area contributed by atoms with E-state index in [0.717, 1.165) is 10.3 Å². The molecule has 0 saturated carbocycles. The fourth-order valence-corrected chi connectivity index (χ4v) is 4.32. The summed E-state index contributed by atoms with van der Waals surface area (Å²) < 4.78 is 0.852. The zero-order valence-electron chi connectivity index (χ0n) is 10.1. The predicted octanol–water partition coefficient (Wildman–Crippen LogP) is 4.57. The molecule has 0 aliphatic carbocycles. The van der Waals surface area contributed by atoms with Gasteiger partial charge in [0.2, 0.25) is 0 Å². The van der Waals surface area contributed by atoms with Gasteiger partial charge in [-0.2, -0.15) is 11.8 Å². The maximum atomic E-state index is 6.04. The predicted molar refractivity (Wildman–Crippen MR) is 77.6 cm³/mol. The Morgan fingerprint density at radius 3 is 2.50 bits per heavy atom. The summed E-state index contributed by atoms with van der Waals surface area (Å²) in [5.74, 6) is 1.92. The van der Waals surface area contributed by atoms with Crippen molar-refractivity contribution in [1.82, 2.24) is 0 Å². The van der Waals surface area contributed by atoms with Gasteiger partial charge in [0.25, 0.3) is 0 Å². The summed E-state index contributed by atoms with van der Waals surface area (Å²) in [5.41, 5.74) is 6.04. The Bertz CT molecular complexity index is 310. The molecule has 92 valence electrons. The van der Waals surface area contributed by atoms with Crippen LogP contribution in [0.3, 0.4) is 0 Å². The smallest absolute Gasteiger partial charge is 0.0931 e. The first-order valence-corrected chi connectivity index (χ1v) is 7.87.